The molecule has 1 aliphatic heterocycles. The van der Waals surface area contributed by atoms with Gasteiger partial charge in [0.2, 0.25) is 0 Å². The second-order valence-electron chi connectivity index (χ2n) is 4.36. The summed E-state index contributed by atoms with van der Waals surface area (Å²) < 4.78 is 54.0. The SMILES string of the molecule is O=C(c1ccc(Br)c(OCC(F)(F)F)c1)N1CC(F)C1. The van der Waals surface area contributed by atoms with Crippen LogP contribution in [-0.4, -0.2) is 42.9 Å². The molecule has 0 atom stereocenters. The van der Waals surface area contributed by atoms with Crippen molar-refractivity contribution in [1.29, 1.82) is 0 Å². The highest BCUT2D eigenvalue weighted by Gasteiger charge is 2.32. The van der Waals surface area contributed by atoms with E-state index in [4.69, 9.17) is 0 Å². The van der Waals surface area contributed by atoms with Gasteiger partial charge < -0.3 is 9.64 Å². The summed E-state index contributed by atoms with van der Waals surface area (Å²) in [6.45, 7) is -1.43. The number of alkyl halides is 4. The Morgan fingerprint density at radius 1 is 1.40 bits per heavy atom. The Kier molecular flexibility index (Phi) is 4.22. The smallest absolute Gasteiger partial charge is 0.422 e. The van der Waals surface area contributed by atoms with Gasteiger partial charge in [-0.15, -0.1) is 0 Å². The minimum Gasteiger partial charge on any atom is -0.483 e. The highest BCUT2D eigenvalue weighted by molar-refractivity contribution is 9.10. The number of halogens is 5. The molecule has 0 saturated carbocycles. The van der Waals surface area contributed by atoms with E-state index in [2.05, 4.69) is 20.7 Å². The number of likely N-dealkylation sites (tertiary alicyclic amines) is 1. The van der Waals surface area contributed by atoms with Crippen LogP contribution < -0.4 is 4.74 Å². The molecule has 1 aromatic carbocycles. The van der Waals surface area contributed by atoms with Crippen LogP contribution in [0.4, 0.5) is 17.6 Å². The van der Waals surface area contributed by atoms with Crippen LogP contribution in [0, 0.1) is 0 Å². The van der Waals surface area contributed by atoms with E-state index in [9.17, 15) is 22.4 Å². The molecule has 110 valence electrons. The molecule has 0 aliphatic carbocycles. The van der Waals surface area contributed by atoms with Gasteiger partial charge in [0.25, 0.3) is 5.91 Å². The largest absolute Gasteiger partial charge is 0.483 e. The van der Waals surface area contributed by atoms with Crippen molar-refractivity contribution in [3.63, 3.8) is 0 Å². The van der Waals surface area contributed by atoms with E-state index < -0.39 is 24.9 Å². The Balaban J connectivity index is 2.10. The average Bonchev–Trinajstić information content (AvgIpc) is 2.32. The molecule has 0 unspecified atom stereocenters. The number of carbonyl (C=O) groups is 1. The lowest BCUT2D eigenvalue weighted by molar-refractivity contribution is -0.153. The van der Waals surface area contributed by atoms with Crippen LogP contribution in [0.5, 0.6) is 5.75 Å². The van der Waals surface area contributed by atoms with Crippen molar-refractivity contribution in [3.8, 4) is 5.75 Å². The summed E-state index contributed by atoms with van der Waals surface area (Å²) in [7, 11) is 0. The number of amides is 1. The highest BCUT2D eigenvalue weighted by Crippen LogP contribution is 2.29. The number of hydrogen-bond donors (Lipinski definition) is 0. The lowest BCUT2D eigenvalue weighted by Crippen LogP contribution is -2.51. The Bertz CT molecular complexity index is 515. The van der Waals surface area contributed by atoms with E-state index in [1.54, 1.807) is 0 Å². The van der Waals surface area contributed by atoms with Gasteiger partial charge in [-0.25, -0.2) is 4.39 Å². The highest BCUT2D eigenvalue weighted by atomic mass is 79.9. The van der Waals surface area contributed by atoms with Crippen molar-refractivity contribution >= 4 is 21.8 Å². The molecule has 1 saturated heterocycles. The molecule has 0 aromatic heterocycles. The van der Waals surface area contributed by atoms with Crippen LogP contribution in [0.25, 0.3) is 0 Å². The standard InChI is InChI=1S/C12H10BrF4NO2/c13-9-2-1-7(11(19)18-4-8(14)5-18)3-10(9)20-6-12(15,16)17/h1-3,8H,4-6H2. The fourth-order valence-electron chi connectivity index (χ4n) is 1.68. The van der Waals surface area contributed by atoms with Crippen LogP contribution in [-0.2, 0) is 0 Å². The van der Waals surface area contributed by atoms with Crippen molar-refractivity contribution in [3.05, 3.63) is 28.2 Å². The maximum absolute atomic E-state index is 12.7. The van der Waals surface area contributed by atoms with E-state index in [-0.39, 0.29) is 24.4 Å². The van der Waals surface area contributed by atoms with Crippen molar-refractivity contribution in [2.24, 2.45) is 0 Å². The summed E-state index contributed by atoms with van der Waals surface area (Å²) in [6.07, 6.45) is -5.49. The lowest BCUT2D eigenvalue weighted by Gasteiger charge is -2.34. The van der Waals surface area contributed by atoms with E-state index in [0.717, 1.165) is 0 Å². The van der Waals surface area contributed by atoms with Crippen LogP contribution in [0.1, 0.15) is 10.4 Å². The van der Waals surface area contributed by atoms with E-state index >= 15 is 0 Å². The van der Waals surface area contributed by atoms with E-state index in [1.165, 1.54) is 23.1 Å². The first kappa shape index (κ1) is 15.1. The zero-order valence-electron chi connectivity index (χ0n) is 10.1. The van der Waals surface area contributed by atoms with Crippen molar-refractivity contribution in [2.45, 2.75) is 12.3 Å². The predicted octanol–water partition coefficient (Wildman–Crippen LogP) is 3.18. The van der Waals surface area contributed by atoms with Crippen LogP contribution >= 0.6 is 15.9 Å². The number of carbonyl (C=O) groups excluding carboxylic acids is 1. The van der Waals surface area contributed by atoms with Gasteiger partial charge in [-0.1, -0.05) is 0 Å². The Labute approximate surface area is 120 Å². The molecule has 1 heterocycles. The monoisotopic (exact) mass is 355 g/mol. The molecule has 3 nitrogen and oxygen atoms in total. The average molecular weight is 356 g/mol. The van der Waals surface area contributed by atoms with Crippen LogP contribution in [0.3, 0.4) is 0 Å². The third kappa shape index (κ3) is 3.62. The van der Waals surface area contributed by atoms with Crippen molar-refractivity contribution < 1.29 is 27.1 Å². The molecular weight excluding hydrogens is 346 g/mol. The van der Waals surface area contributed by atoms with Gasteiger partial charge in [0.05, 0.1) is 17.6 Å². The maximum Gasteiger partial charge on any atom is 0.422 e. The lowest BCUT2D eigenvalue weighted by atomic mass is 10.1. The second kappa shape index (κ2) is 5.59. The summed E-state index contributed by atoms with van der Waals surface area (Å²) in [5, 5.41) is 0. The molecule has 8 heteroatoms. The topological polar surface area (TPSA) is 29.5 Å². The third-order valence-corrected chi connectivity index (χ3v) is 3.35. The Morgan fingerprint density at radius 3 is 2.60 bits per heavy atom. The van der Waals surface area contributed by atoms with Crippen LogP contribution in [0.2, 0.25) is 0 Å². The molecule has 20 heavy (non-hydrogen) atoms. The molecule has 0 N–H and O–H groups in total. The predicted molar refractivity (Wildman–Crippen MR) is 66.5 cm³/mol. The van der Waals surface area contributed by atoms with Gasteiger partial charge in [0.15, 0.2) is 6.61 Å². The van der Waals surface area contributed by atoms with Gasteiger partial charge in [0, 0.05) is 5.56 Å². The molecule has 1 aliphatic rings. The zero-order chi connectivity index (χ0) is 14.9. The van der Waals surface area contributed by atoms with Gasteiger partial charge in [-0.3, -0.25) is 4.79 Å². The summed E-state index contributed by atoms with van der Waals surface area (Å²) >= 11 is 3.05. The molecule has 1 aromatic rings. The summed E-state index contributed by atoms with van der Waals surface area (Å²) in [6, 6.07) is 4.08. The number of nitrogens with zero attached hydrogens (tertiary/aromatic N) is 1. The first-order valence-corrected chi connectivity index (χ1v) is 6.48. The third-order valence-electron chi connectivity index (χ3n) is 2.69. The van der Waals surface area contributed by atoms with E-state index in [0.29, 0.717) is 4.47 Å². The summed E-state index contributed by atoms with van der Waals surface area (Å²) in [5.41, 5.74) is 0.164. The minimum absolute atomic E-state index is 0.00758. The van der Waals surface area contributed by atoms with Crippen LogP contribution in [0.15, 0.2) is 22.7 Å². The first-order chi connectivity index (χ1) is 9.26. The van der Waals surface area contributed by atoms with Crippen molar-refractivity contribution in [1.82, 2.24) is 4.90 Å². The number of ether oxygens (including phenoxy) is 1. The molecule has 0 radical (unpaired) electrons. The van der Waals surface area contributed by atoms with Gasteiger partial charge in [-0.05, 0) is 34.1 Å². The quantitative estimate of drug-likeness (QED) is 0.779. The van der Waals surface area contributed by atoms with Gasteiger partial charge in [-0.2, -0.15) is 13.2 Å². The molecular formula is C12H10BrF4NO2. The van der Waals surface area contributed by atoms with Crippen molar-refractivity contribution in [2.75, 3.05) is 19.7 Å². The summed E-state index contributed by atoms with van der Waals surface area (Å²) in [4.78, 5) is 13.2. The van der Waals surface area contributed by atoms with Gasteiger partial charge in [0.1, 0.15) is 11.9 Å². The fourth-order valence-corrected chi connectivity index (χ4v) is 2.04. The minimum atomic E-state index is -4.46. The zero-order valence-corrected chi connectivity index (χ0v) is 11.7. The summed E-state index contributed by atoms with van der Waals surface area (Å²) in [5.74, 6) is -0.506. The molecule has 1 amide bonds. The van der Waals surface area contributed by atoms with E-state index in [1.807, 2.05) is 0 Å². The molecule has 1 fully saturated rings. The maximum atomic E-state index is 12.7. The molecule has 2 rings (SSSR count). The fraction of sp³-hybridized carbons (Fsp3) is 0.417. The number of hydrogen-bond acceptors (Lipinski definition) is 2. The Hall–Kier alpha value is -1.31. The number of benzene rings is 1. The first-order valence-electron chi connectivity index (χ1n) is 5.69. The van der Waals surface area contributed by atoms with Gasteiger partial charge >= 0.3 is 6.18 Å². The molecule has 0 spiro atoms. The normalized spacial score (nSPS) is 15.9. The second-order valence-corrected chi connectivity index (χ2v) is 5.21. The molecule has 0 bridgehead atoms. The Morgan fingerprint density at radius 2 is 2.05 bits per heavy atom. The number of rotatable bonds is 3.